The van der Waals surface area contributed by atoms with Crippen LogP contribution in [0.5, 0.6) is 0 Å². The van der Waals surface area contributed by atoms with E-state index >= 15 is 0 Å². The topological polar surface area (TPSA) is 89.1 Å². The standard InChI is InChI=1S/C26H30Cl2N6O2S2/c1-4-33(5-2)12-6-8-17(3)29-25(35)21-15-37-23(30-21)16-38-26-32-31-24(22-9-7-13-36-22)34(26)18-10-11-19(27)20(28)14-18/h7,9-11,13-15,17H,4-6,8,12,16H2,1-3H3,(H,29,35). The minimum absolute atomic E-state index is 0.0855. The van der Waals surface area contributed by atoms with Gasteiger partial charge in [0.15, 0.2) is 10.9 Å². The molecule has 38 heavy (non-hydrogen) atoms. The van der Waals surface area contributed by atoms with E-state index in [4.69, 9.17) is 27.6 Å². The lowest BCUT2D eigenvalue weighted by atomic mass is 10.1. The fraction of sp³-hybridized carbons (Fsp3) is 0.385. The summed E-state index contributed by atoms with van der Waals surface area (Å²) in [5.41, 5.74) is 1.19. The average molecular weight is 594 g/mol. The van der Waals surface area contributed by atoms with Crippen LogP contribution in [0.1, 0.15) is 49.1 Å². The third-order valence-corrected chi connectivity index (χ3v) is 8.74. The molecule has 0 aliphatic rings. The molecule has 1 unspecified atom stereocenters. The van der Waals surface area contributed by atoms with Gasteiger partial charge in [-0.25, -0.2) is 4.98 Å². The molecule has 4 rings (SSSR count). The number of thioether (sulfide) groups is 1. The van der Waals surface area contributed by atoms with Crippen LogP contribution in [0, 0.1) is 0 Å². The second kappa shape index (κ2) is 13.6. The molecule has 1 atom stereocenters. The Kier molecular flexibility index (Phi) is 10.3. The SMILES string of the molecule is CCN(CC)CCCC(C)NC(=O)c1csc(CSc2nnc(-c3ccco3)n2-c2ccc(Cl)c(Cl)c2)n1. The van der Waals surface area contributed by atoms with Crippen molar-refractivity contribution in [1.29, 1.82) is 0 Å². The Balaban J connectivity index is 1.41. The molecule has 0 fully saturated rings. The van der Waals surface area contributed by atoms with Crippen LogP contribution in [0.25, 0.3) is 17.3 Å². The van der Waals surface area contributed by atoms with Crippen molar-refractivity contribution in [3.05, 3.63) is 62.7 Å². The van der Waals surface area contributed by atoms with E-state index in [-0.39, 0.29) is 11.9 Å². The van der Waals surface area contributed by atoms with Gasteiger partial charge in [-0.05, 0) is 69.7 Å². The zero-order chi connectivity index (χ0) is 27.1. The van der Waals surface area contributed by atoms with Crippen LogP contribution < -0.4 is 5.32 Å². The minimum Gasteiger partial charge on any atom is -0.461 e. The van der Waals surface area contributed by atoms with Gasteiger partial charge in [0.1, 0.15) is 10.7 Å². The summed E-state index contributed by atoms with van der Waals surface area (Å²) in [6, 6.07) is 9.05. The number of rotatable bonds is 13. The molecular weight excluding hydrogens is 563 g/mol. The summed E-state index contributed by atoms with van der Waals surface area (Å²) in [6.07, 6.45) is 3.56. The summed E-state index contributed by atoms with van der Waals surface area (Å²) in [7, 11) is 0. The maximum absolute atomic E-state index is 12.7. The fourth-order valence-electron chi connectivity index (χ4n) is 3.92. The Morgan fingerprint density at radius 2 is 2.03 bits per heavy atom. The molecular formula is C26H30Cl2N6O2S2. The van der Waals surface area contributed by atoms with Crippen LogP contribution in [0.3, 0.4) is 0 Å². The number of amides is 1. The van der Waals surface area contributed by atoms with E-state index in [0.29, 0.717) is 38.2 Å². The van der Waals surface area contributed by atoms with Crippen molar-refractivity contribution in [2.45, 2.75) is 50.6 Å². The summed E-state index contributed by atoms with van der Waals surface area (Å²) in [6.45, 7) is 9.51. The molecule has 0 saturated carbocycles. The van der Waals surface area contributed by atoms with E-state index in [1.54, 1.807) is 29.8 Å². The number of thiazole rings is 1. The maximum atomic E-state index is 12.7. The molecule has 3 heterocycles. The van der Waals surface area contributed by atoms with Crippen molar-refractivity contribution in [3.8, 4) is 17.3 Å². The predicted octanol–water partition coefficient (Wildman–Crippen LogP) is 6.82. The molecule has 202 valence electrons. The van der Waals surface area contributed by atoms with Crippen LogP contribution in [0.2, 0.25) is 10.0 Å². The summed E-state index contributed by atoms with van der Waals surface area (Å²) in [4.78, 5) is 19.7. The minimum atomic E-state index is -0.146. The van der Waals surface area contributed by atoms with Gasteiger partial charge in [0.2, 0.25) is 5.82 Å². The molecule has 0 saturated heterocycles. The summed E-state index contributed by atoms with van der Waals surface area (Å²) < 4.78 is 7.44. The third kappa shape index (κ3) is 7.18. The van der Waals surface area contributed by atoms with E-state index in [0.717, 1.165) is 43.2 Å². The first kappa shape index (κ1) is 28.6. The number of halogens is 2. The molecule has 8 nitrogen and oxygen atoms in total. The molecule has 0 aliphatic carbocycles. The lowest BCUT2D eigenvalue weighted by Gasteiger charge is -2.19. The van der Waals surface area contributed by atoms with Gasteiger partial charge in [-0.15, -0.1) is 21.5 Å². The molecule has 0 spiro atoms. The highest BCUT2D eigenvalue weighted by atomic mass is 35.5. The summed E-state index contributed by atoms with van der Waals surface area (Å²) in [5, 5.41) is 15.9. The number of nitrogens with one attached hydrogen (secondary N) is 1. The van der Waals surface area contributed by atoms with Gasteiger partial charge in [-0.2, -0.15) is 0 Å². The highest BCUT2D eigenvalue weighted by molar-refractivity contribution is 7.98. The maximum Gasteiger partial charge on any atom is 0.270 e. The second-order valence-electron chi connectivity index (χ2n) is 8.68. The predicted molar refractivity (Wildman–Crippen MR) is 155 cm³/mol. The molecule has 0 aliphatic heterocycles. The van der Waals surface area contributed by atoms with Crippen molar-refractivity contribution in [3.63, 3.8) is 0 Å². The number of carbonyl (C=O) groups excluding carboxylic acids is 1. The number of carbonyl (C=O) groups is 1. The van der Waals surface area contributed by atoms with E-state index in [1.807, 2.05) is 23.6 Å². The van der Waals surface area contributed by atoms with Gasteiger partial charge in [0.05, 0.1) is 27.7 Å². The van der Waals surface area contributed by atoms with Crippen molar-refractivity contribution in [2.24, 2.45) is 0 Å². The molecule has 0 radical (unpaired) electrons. The van der Waals surface area contributed by atoms with Crippen molar-refractivity contribution in [2.75, 3.05) is 19.6 Å². The largest absolute Gasteiger partial charge is 0.461 e. The molecule has 1 N–H and O–H groups in total. The number of hydrogen-bond donors (Lipinski definition) is 1. The highest BCUT2D eigenvalue weighted by Gasteiger charge is 2.20. The molecule has 3 aromatic heterocycles. The Morgan fingerprint density at radius 3 is 2.74 bits per heavy atom. The molecule has 1 aromatic carbocycles. The third-order valence-electron chi connectivity index (χ3n) is 6.03. The summed E-state index contributed by atoms with van der Waals surface area (Å²) in [5.74, 6) is 1.50. The van der Waals surface area contributed by atoms with E-state index in [9.17, 15) is 4.79 Å². The molecule has 1 amide bonds. The van der Waals surface area contributed by atoms with Crippen LogP contribution in [-0.4, -0.2) is 56.2 Å². The second-order valence-corrected chi connectivity index (χ2v) is 11.4. The van der Waals surface area contributed by atoms with E-state index < -0.39 is 0 Å². The Bertz CT molecular complexity index is 1340. The normalized spacial score (nSPS) is 12.3. The van der Waals surface area contributed by atoms with Crippen LogP contribution >= 0.6 is 46.3 Å². The van der Waals surface area contributed by atoms with Crippen LogP contribution in [0.4, 0.5) is 0 Å². The molecule has 12 heteroatoms. The van der Waals surface area contributed by atoms with Gasteiger partial charge in [0.25, 0.3) is 5.91 Å². The van der Waals surface area contributed by atoms with E-state index in [1.165, 1.54) is 23.1 Å². The van der Waals surface area contributed by atoms with Crippen LogP contribution in [0.15, 0.2) is 51.5 Å². The Morgan fingerprint density at radius 1 is 1.21 bits per heavy atom. The smallest absolute Gasteiger partial charge is 0.270 e. The number of furan rings is 1. The van der Waals surface area contributed by atoms with Gasteiger partial charge in [-0.1, -0.05) is 48.8 Å². The number of hydrogen-bond acceptors (Lipinski definition) is 8. The Labute approximate surface area is 240 Å². The van der Waals surface area contributed by atoms with Gasteiger partial charge in [-0.3, -0.25) is 9.36 Å². The van der Waals surface area contributed by atoms with Gasteiger partial charge < -0.3 is 14.6 Å². The number of benzene rings is 1. The van der Waals surface area contributed by atoms with E-state index in [2.05, 4.69) is 39.2 Å². The average Bonchev–Trinajstić information content (AvgIpc) is 3.68. The van der Waals surface area contributed by atoms with Crippen molar-refractivity contribution >= 4 is 52.2 Å². The quantitative estimate of drug-likeness (QED) is 0.170. The first-order chi connectivity index (χ1) is 18.4. The number of nitrogens with zero attached hydrogens (tertiary/aromatic N) is 5. The van der Waals surface area contributed by atoms with Gasteiger partial charge in [0, 0.05) is 11.4 Å². The lowest BCUT2D eigenvalue weighted by Crippen LogP contribution is -2.33. The zero-order valence-corrected chi connectivity index (χ0v) is 24.6. The Hall–Kier alpha value is -2.37. The summed E-state index contributed by atoms with van der Waals surface area (Å²) >= 11 is 15.3. The van der Waals surface area contributed by atoms with Crippen molar-refractivity contribution in [1.82, 2.24) is 30.0 Å². The first-order valence-corrected chi connectivity index (χ1v) is 15.1. The lowest BCUT2D eigenvalue weighted by molar-refractivity contribution is 0.0932. The van der Waals surface area contributed by atoms with Crippen molar-refractivity contribution < 1.29 is 9.21 Å². The monoisotopic (exact) mass is 592 g/mol. The number of aromatic nitrogens is 4. The first-order valence-electron chi connectivity index (χ1n) is 12.4. The zero-order valence-electron chi connectivity index (χ0n) is 21.5. The molecule has 0 bridgehead atoms. The van der Waals surface area contributed by atoms with Gasteiger partial charge >= 0.3 is 0 Å². The highest BCUT2D eigenvalue weighted by Crippen LogP contribution is 2.33. The molecule has 4 aromatic rings. The van der Waals surface area contributed by atoms with Crippen LogP contribution in [-0.2, 0) is 5.75 Å². The fourth-order valence-corrected chi connectivity index (χ4v) is 5.96.